The minimum atomic E-state index is 0.131. The van der Waals surface area contributed by atoms with Gasteiger partial charge >= 0.3 is 0 Å². The summed E-state index contributed by atoms with van der Waals surface area (Å²) in [5.74, 6) is 1.10. The van der Waals surface area contributed by atoms with E-state index in [0.717, 1.165) is 5.56 Å². The zero-order valence-electron chi connectivity index (χ0n) is 12.4. The Morgan fingerprint density at radius 3 is 2.11 bits per heavy atom. The number of hydrogen-bond acceptors (Lipinski definition) is 1. The molecule has 0 aliphatic rings. The Morgan fingerprint density at radius 1 is 0.947 bits per heavy atom. The van der Waals surface area contributed by atoms with Gasteiger partial charge in [-0.25, -0.2) is 0 Å². The fraction of sp³-hybridized carbons (Fsp3) is 0.389. The molecule has 100 valence electrons. The van der Waals surface area contributed by atoms with Crippen molar-refractivity contribution in [3.05, 3.63) is 47.0 Å². The zero-order chi connectivity index (χ0) is 14.2. The van der Waals surface area contributed by atoms with Crippen LogP contribution >= 0.6 is 0 Å². The number of fused-ring (bicyclic) bond motifs is 1. The first-order chi connectivity index (χ1) is 8.91. The molecule has 2 aromatic rings. The molecular formula is C18H22O. The fourth-order valence-electron chi connectivity index (χ4n) is 2.73. The molecule has 0 saturated heterocycles. The lowest BCUT2D eigenvalue weighted by Gasteiger charge is -2.19. The smallest absolute Gasteiger partial charge is 0.159 e. The molecule has 0 aromatic heterocycles. The molecule has 19 heavy (non-hydrogen) atoms. The molecule has 0 heterocycles. The second kappa shape index (κ2) is 5.16. The number of rotatable bonds is 3. The Hall–Kier alpha value is -1.63. The van der Waals surface area contributed by atoms with Crippen molar-refractivity contribution in [1.82, 2.24) is 0 Å². The van der Waals surface area contributed by atoms with Gasteiger partial charge in [-0.15, -0.1) is 0 Å². The lowest BCUT2D eigenvalue weighted by Crippen LogP contribution is -2.01. The second-order valence-electron chi connectivity index (χ2n) is 5.87. The molecule has 2 aromatic carbocycles. The molecule has 1 nitrogen and oxygen atoms in total. The average Bonchev–Trinajstić information content (AvgIpc) is 2.35. The Kier molecular flexibility index (Phi) is 3.75. The van der Waals surface area contributed by atoms with Crippen LogP contribution in [0.4, 0.5) is 0 Å². The largest absolute Gasteiger partial charge is 0.295 e. The van der Waals surface area contributed by atoms with E-state index in [1.807, 2.05) is 6.07 Å². The quantitative estimate of drug-likeness (QED) is 0.680. The van der Waals surface area contributed by atoms with Gasteiger partial charge in [0.15, 0.2) is 5.78 Å². The Bertz CT molecular complexity index is 621. The zero-order valence-corrected chi connectivity index (χ0v) is 12.4. The van der Waals surface area contributed by atoms with Crippen LogP contribution in [-0.4, -0.2) is 5.78 Å². The average molecular weight is 254 g/mol. The highest BCUT2D eigenvalue weighted by atomic mass is 16.1. The van der Waals surface area contributed by atoms with Gasteiger partial charge < -0.3 is 0 Å². The monoisotopic (exact) mass is 254 g/mol. The highest BCUT2D eigenvalue weighted by Gasteiger charge is 2.14. The third kappa shape index (κ3) is 2.56. The molecular weight excluding hydrogens is 232 g/mol. The molecule has 0 amide bonds. The van der Waals surface area contributed by atoms with Crippen LogP contribution in [0, 0.1) is 0 Å². The van der Waals surface area contributed by atoms with Gasteiger partial charge in [0, 0.05) is 5.56 Å². The lowest BCUT2D eigenvalue weighted by atomic mass is 9.86. The molecule has 0 fully saturated rings. The summed E-state index contributed by atoms with van der Waals surface area (Å²) in [7, 11) is 0. The van der Waals surface area contributed by atoms with E-state index in [0.29, 0.717) is 11.8 Å². The summed E-state index contributed by atoms with van der Waals surface area (Å²) >= 11 is 0. The summed E-state index contributed by atoms with van der Waals surface area (Å²) in [6.07, 6.45) is 0. The number of carbonyl (C=O) groups excluding carboxylic acids is 1. The molecule has 0 unspecified atom stereocenters. The van der Waals surface area contributed by atoms with Crippen LogP contribution in [0.25, 0.3) is 10.8 Å². The third-order valence-electron chi connectivity index (χ3n) is 3.70. The van der Waals surface area contributed by atoms with E-state index in [9.17, 15) is 4.79 Å². The van der Waals surface area contributed by atoms with E-state index in [4.69, 9.17) is 0 Å². The summed E-state index contributed by atoms with van der Waals surface area (Å²) in [4.78, 5) is 11.6. The minimum absolute atomic E-state index is 0.131. The number of Topliss-reactive ketones (excluding diaryl/α,β-unsaturated/α-hetero) is 1. The number of ketones is 1. The summed E-state index contributed by atoms with van der Waals surface area (Å²) in [5, 5.41) is 2.45. The molecule has 2 rings (SSSR count). The molecule has 0 spiro atoms. The van der Waals surface area contributed by atoms with Crippen LogP contribution in [0.2, 0.25) is 0 Å². The van der Waals surface area contributed by atoms with Gasteiger partial charge in [-0.3, -0.25) is 4.79 Å². The predicted octanol–water partition coefficient (Wildman–Crippen LogP) is 5.29. The molecule has 0 radical (unpaired) electrons. The van der Waals surface area contributed by atoms with Crippen LogP contribution in [0.3, 0.4) is 0 Å². The van der Waals surface area contributed by atoms with Gasteiger partial charge in [-0.1, -0.05) is 52.0 Å². The van der Waals surface area contributed by atoms with Crippen molar-refractivity contribution in [2.24, 2.45) is 0 Å². The van der Waals surface area contributed by atoms with E-state index < -0.39 is 0 Å². The summed E-state index contributed by atoms with van der Waals surface area (Å²) in [6.45, 7) is 10.5. The van der Waals surface area contributed by atoms with Crippen molar-refractivity contribution in [3.8, 4) is 0 Å². The van der Waals surface area contributed by atoms with E-state index in [1.165, 1.54) is 21.9 Å². The molecule has 0 bridgehead atoms. The molecule has 1 heteroatoms. The number of carbonyl (C=O) groups is 1. The number of hydrogen-bond donors (Lipinski definition) is 0. The SMILES string of the molecule is CC(=O)c1ccc2ccc(C(C)C)c(C(C)C)c2c1. The van der Waals surface area contributed by atoms with Crippen molar-refractivity contribution in [2.45, 2.75) is 46.5 Å². The van der Waals surface area contributed by atoms with Crippen molar-refractivity contribution < 1.29 is 4.79 Å². The molecule has 0 aliphatic heterocycles. The molecule has 0 saturated carbocycles. The summed E-state index contributed by atoms with van der Waals surface area (Å²) in [6, 6.07) is 10.4. The lowest BCUT2D eigenvalue weighted by molar-refractivity contribution is 0.101. The van der Waals surface area contributed by atoms with Crippen LogP contribution in [-0.2, 0) is 0 Å². The van der Waals surface area contributed by atoms with Crippen LogP contribution in [0.15, 0.2) is 30.3 Å². The standard InChI is InChI=1S/C18H22O/c1-11(2)16-9-8-14-6-7-15(13(5)19)10-17(14)18(16)12(3)4/h6-12H,1-5H3. The van der Waals surface area contributed by atoms with Crippen LogP contribution < -0.4 is 0 Å². The first-order valence-corrected chi connectivity index (χ1v) is 6.99. The van der Waals surface area contributed by atoms with Crippen molar-refractivity contribution in [2.75, 3.05) is 0 Å². The highest BCUT2D eigenvalue weighted by molar-refractivity contribution is 5.99. The molecule has 0 aliphatic carbocycles. The summed E-state index contributed by atoms with van der Waals surface area (Å²) < 4.78 is 0. The van der Waals surface area contributed by atoms with Crippen molar-refractivity contribution in [3.63, 3.8) is 0 Å². The topological polar surface area (TPSA) is 17.1 Å². The Morgan fingerprint density at radius 2 is 1.58 bits per heavy atom. The Labute approximate surface area is 115 Å². The highest BCUT2D eigenvalue weighted by Crippen LogP contribution is 2.33. The molecule has 0 atom stereocenters. The minimum Gasteiger partial charge on any atom is -0.295 e. The van der Waals surface area contributed by atoms with Gasteiger partial charge in [0.2, 0.25) is 0 Å². The van der Waals surface area contributed by atoms with E-state index in [1.54, 1.807) is 6.92 Å². The van der Waals surface area contributed by atoms with Gasteiger partial charge in [-0.2, -0.15) is 0 Å². The summed E-state index contributed by atoms with van der Waals surface area (Å²) in [5.41, 5.74) is 3.58. The maximum Gasteiger partial charge on any atom is 0.159 e. The van der Waals surface area contributed by atoms with Gasteiger partial charge in [0.1, 0.15) is 0 Å². The first kappa shape index (κ1) is 13.8. The van der Waals surface area contributed by atoms with Gasteiger partial charge in [0.05, 0.1) is 0 Å². The fourth-order valence-corrected chi connectivity index (χ4v) is 2.73. The van der Waals surface area contributed by atoms with Crippen LogP contribution in [0.1, 0.15) is 67.9 Å². The van der Waals surface area contributed by atoms with E-state index >= 15 is 0 Å². The Balaban J connectivity index is 2.81. The van der Waals surface area contributed by atoms with Gasteiger partial charge in [-0.05, 0) is 46.7 Å². The maximum atomic E-state index is 11.6. The normalized spacial score (nSPS) is 11.5. The second-order valence-corrected chi connectivity index (χ2v) is 5.87. The first-order valence-electron chi connectivity index (χ1n) is 6.99. The van der Waals surface area contributed by atoms with Gasteiger partial charge in [0.25, 0.3) is 0 Å². The predicted molar refractivity (Wildman–Crippen MR) is 82.1 cm³/mol. The van der Waals surface area contributed by atoms with Crippen LogP contribution in [0.5, 0.6) is 0 Å². The third-order valence-corrected chi connectivity index (χ3v) is 3.70. The van der Waals surface area contributed by atoms with Crippen molar-refractivity contribution >= 4 is 16.6 Å². The van der Waals surface area contributed by atoms with E-state index in [-0.39, 0.29) is 5.78 Å². The number of benzene rings is 2. The maximum absolute atomic E-state index is 11.6. The molecule has 0 N–H and O–H groups in total. The van der Waals surface area contributed by atoms with E-state index in [2.05, 4.69) is 52.0 Å². The van der Waals surface area contributed by atoms with Crippen molar-refractivity contribution in [1.29, 1.82) is 0 Å².